The molecule has 0 saturated carbocycles. The molecule has 0 aliphatic carbocycles. The molecule has 1 aliphatic rings. The number of hydrogen-bond acceptors (Lipinski definition) is 2. The zero-order chi connectivity index (χ0) is 12.3. The monoisotopic (exact) mass is 451 g/mol. The largest absolute Gasteiger partial charge is 0.444 e. The third kappa shape index (κ3) is 4.54. The van der Waals surface area contributed by atoms with Crippen molar-refractivity contribution in [2.75, 3.05) is 17.5 Å². The van der Waals surface area contributed by atoms with E-state index >= 15 is 0 Å². The van der Waals surface area contributed by atoms with E-state index in [1.54, 1.807) is 0 Å². The third-order valence-electron chi connectivity index (χ3n) is 2.53. The molecule has 0 bridgehead atoms. The zero-order valence-electron chi connectivity index (χ0n) is 10.0. The number of nitrogens with zero attached hydrogens (tertiary/aromatic N) is 1. The number of rotatable bonds is 1. The fourth-order valence-electron chi connectivity index (χ4n) is 1.62. The summed E-state index contributed by atoms with van der Waals surface area (Å²) in [4.78, 5) is 13.7. The van der Waals surface area contributed by atoms with E-state index in [0.717, 1.165) is 25.4 Å². The maximum atomic E-state index is 11.9. The SMILES string of the molecule is CC(C)(C)OC(=O)N1CCC(CI)C(I)C1. The number of piperidine rings is 1. The van der Waals surface area contributed by atoms with E-state index in [9.17, 15) is 4.79 Å². The van der Waals surface area contributed by atoms with E-state index in [0.29, 0.717) is 3.92 Å². The summed E-state index contributed by atoms with van der Waals surface area (Å²) in [7, 11) is 0. The van der Waals surface area contributed by atoms with Crippen LogP contribution in [0.3, 0.4) is 0 Å². The highest BCUT2D eigenvalue weighted by Gasteiger charge is 2.31. The number of ether oxygens (including phenoxy) is 1. The molecule has 0 N–H and O–H groups in total. The normalized spacial score (nSPS) is 26.7. The van der Waals surface area contributed by atoms with Crippen molar-refractivity contribution in [3.63, 3.8) is 0 Å². The molecule has 0 aromatic rings. The lowest BCUT2D eigenvalue weighted by Gasteiger charge is -2.36. The molecule has 3 nitrogen and oxygen atoms in total. The van der Waals surface area contributed by atoms with Gasteiger partial charge in [0.05, 0.1) is 0 Å². The number of amides is 1. The van der Waals surface area contributed by atoms with Crippen LogP contribution in [-0.4, -0.2) is 38.0 Å². The summed E-state index contributed by atoms with van der Waals surface area (Å²) in [5.74, 6) is 0.736. The fraction of sp³-hybridized carbons (Fsp3) is 0.909. The lowest BCUT2D eigenvalue weighted by molar-refractivity contribution is 0.0203. The van der Waals surface area contributed by atoms with Crippen molar-refractivity contribution in [3.05, 3.63) is 0 Å². The van der Waals surface area contributed by atoms with Gasteiger partial charge in [0, 0.05) is 21.4 Å². The first-order valence-corrected chi connectivity index (χ1v) is 8.28. The van der Waals surface area contributed by atoms with Crippen molar-refractivity contribution < 1.29 is 9.53 Å². The molecule has 0 aromatic carbocycles. The lowest BCUT2D eigenvalue weighted by Crippen LogP contribution is -2.46. The Hall–Kier alpha value is 0.730. The van der Waals surface area contributed by atoms with Crippen LogP contribution >= 0.6 is 45.2 Å². The van der Waals surface area contributed by atoms with Gasteiger partial charge in [0.2, 0.25) is 0 Å². The first-order chi connectivity index (χ1) is 7.33. The van der Waals surface area contributed by atoms with Crippen molar-refractivity contribution >= 4 is 51.3 Å². The Bertz CT molecular complexity index is 253. The molecular formula is C11H19I2NO2. The highest BCUT2D eigenvalue weighted by atomic mass is 127. The van der Waals surface area contributed by atoms with Crippen LogP contribution in [0.2, 0.25) is 0 Å². The molecule has 1 heterocycles. The Morgan fingerprint density at radius 3 is 2.56 bits per heavy atom. The van der Waals surface area contributed by atoms with Gasteiger partial charge >= 0.3 is 6.09 Å². The molecule has 1 amide bonds. The van der Waals surface area contributed by atoms with Crippen LogP contribution in [0.5, 0.6) is 0 Å². The Kier molecular flexibility index (Phi) is 5.60. The van der Waals surface area contributed by atoms with Gasteiger partial charge in [-0.15, -0.1) is 0 Å². The predicted molar refractivity (Wildman–Crippen MR) is 82.6 cm³/mol. The minimum absolute atomic E-state index is 0.166. The molecule has 16 heavy (non-hydrogen) atoms. The maximum absolute atomic E-state index is 11.9. The van der Waals surface area contributed by atoms with Crippen LogP contribution in [0.4, 0.5) is 4.79 Å². The molecule has 1 fully saturated rings. The van der Waals surface area contributed by atoms with E-state index < -0.39 is 5.60 Å². The molecule has 0 aromatic heterocycles. The van der Waals surface area contributed by atoms with Crippen LogP contribution in [0, 0.1) is 5.92 Å². The fourth-order valence-corrected chi connectivity index (χ4v) is 4.74. The summed E-state index contributed by atoms with van der Waals surface area (Å²) in [6.07, 6.45) is 0.927. The molecule has 0 radical (unpaired) electrons. The first kappa shape index (κ1) is 14.8. The van der Waals surface area contributed by atoms with E-state index in [-0.39, 0.29) is 6.09 Å². The minimum Gasteiger partial charge on any atom is -0.444 e. The van der Waals surface area contributed by atoms with Crippen molar-refractivity contribution in [1.29, 1.82) is 0 Å². The summed E-state index contributed by atoms with van der Waals surface area (Å²) >= 11 is 4.88. The Labute approximate surface area is 125 Å². The summed E-state index contributed by atoms with van der Waals surface area (Å²) < 4.78 is 7.10. The molecule has 0 spiro atoms. The van der Waals surface area contributed by atoms with E-state index in [2.05, 4.69) is 45.2 Å². The second kappa shape index (κ2) is 6.06. The van der Waals surface area contributed by atoms with Gasteiger partial charge in [0.1, 0.15) is 5.60 Å². The first-order valence-electron chi connectivity index (χ1n) is 5.51. The maximum Gasteiger partial charge on any atom is 0.410 e. The molecular weight excluding hydrogens is 432 g/mol. The second-order valence-corrected chi connectivity index (χ2v) is 7.63. The summed E-state index contributed by atoms with van der Waals surface area (Å²) in [5, 5.41) is 0. The van der Waals surface area contributed by atoms with Crippen LogP contribution in [0.25, 0.3) is 0 Å². The number of carbonyl (C=O) groups excluding carboxylic acids is 1. The Morgan fingerprint density at radius 1 is 1.50 bits per heavy atom. The summed E-state index contributed by atoms with van der Waals surface area (Å²) in [6, 6.07) is 0. The van der Waals surface area contributed by atoms with Gasteiger partial charge in [-0.2, -0.15) is 0 Å². The van der Waals surface area contributed by atoms with Gasteiger partial charge in [-0.05, 0) is 33.1 Å². The Balaban J connectivity index is 2.48. The van der Waals surface area contributed by atoms with Gasteiger partial charge in [0.25, 0.3) is 0 Å². The van der Waals surface area contributed by atoms with Crippen LogP contribution in [0.15, 0.2) is 0 Å². The molecule has 2 unspecified atom stereocenters. The lowest BCUT2D eigenvalue weighted by atomic mass is 9.99. The van der Waals surface area contributed by atoms with Gasteiger partial charge in [-0.1, -0.05) is 45.2 Å². The smallest absolute Gasteiger partial charge is 0.410 e. The van der Waals surface area contributed by atoms with Crippen LogP contribution in [0.1, 0.15) is 27.2 Å². The van der Waals surface area contributed by atoms with E-state index in [4.69, 9.17) is 4.74 Å². The van der Waals surface area contributed by atoms with Crippen LogP contribution < -0.4 is 0 Å². The standard InChI is InChI=1S/C11H19I2NO2/c1-11(2,3)16-10(15)14-5-4-8(6-12)9(13)7-14/h8-9H,4-7H2,1-3H3. The quantitative estimate of drug-likeness (QED) is 0.452. The predicted octanol–water partition coefficient (Wildman–Crippen LogP) is 3.48. The van der Waals surface area contributed by atoms with Gasteiger partial charge < -0.3 is 9.64 Å². The molecule has 1 rings (SSSR count). The molecule has 5 heteroatoms. The second-order valence-electron chi connectivity index (χ2n) is 5.15. The topological polar surface area (TPSA) is 29.5 Å². The zero-order valence-corrected chi connectivity index (χ0v) is 14.3. The van der Waals surface area contributed by atoms with Crippen LogP contribution in [-0.2, 0) is 4.74 Å². The van der Waals surface area contributed by atoms with E-state index in [1.807, 2.05) is 25.7 Å². The summed E-state index contributed by atoms with van der Waals surface area (Å²) in [6.45, 7) is 7.38. The number of carbonyl (C=O) groups is 1. The van der Waals surface area contributed by atoms with Crippen molar-refractivity contribution in [3.8, 4) is 0 Å². The summed E-state index contributed by atoms with van der Waals surface area (Å²) in [5.41, 5.74) is -0.391. The van der Waals surface area contributed by atoms with Gasteiger partial charge in [-0.3, -0.25) is 0 Å². The van der Waals surface area contributed by atoms with Gasteiger partial charge in [-0.25, -0.2) is 4.79 Å². The van der Waals surface area contributed by atoms with E-state index in [1.165, 1.54) is 4.43 Å². The number of likely N-dealkylation sites (tertiary alicyclic amines) is 1. The Morgan fingerprint density at radius 2 is 2.12 bits per heavy atom. The molecule has 2 atom stereocenters. The third-order valence-corrected chi connectivity index (χ3v) is 5.07. The average Bonchev–Trinajstić information content (AvgIpc) is 2.15. The molecule has 1 saturated heterocycles. The van der Waals surface area contributed by atoms with Crippen molar-refractivity contribution in [1.82, 2.24) is 4.90 Å². The van der Waals surface area contributed by atoms with Crippen molar-refractivity contribution in [2.45, 2.75) is 36.7 Å². The highest BCUT2D eigenvalue weighted by molar-refractivity contribution is 14.1. The molecule has 94 valence electrons. The van der Waals surface area contributed by atoms with Crippen molar-refractivity contribution in [2.24, 2.45) is 5.92 Å². The number of hydrogen-bond donors (Lipinski definition) is 0. The highest BCUT2D eigenvalue weighted by Crippen LogP contribution is 2.27. The van der Waals surface area contributed by atoms with Gasteiger partial charge in [0.15, 0.2) is 0 Å². The number of alkyl halides is 2. The molecule has 1 aliphatic heterocycles. The average molecular weight is 451 g/mol. The number of halogens is 2. The minimum atomic E-state index is -0.391.